The van der Waals surface area contributed by atoms with Gasteiger partial charge in [-0.2, -0.15) is 23.5 Å². The van der Waals surface area contributed by atoms with Crippen LogP contribution in [0.3, 0.4) is 0 Å². The van der Waals surface area contributed by atoms with Crippen molar-refractivity contribution in [3.8, 4) is 0 Å². The van der Waals surface area contributed by atoms with Crippen LogP contribution in [0.4, 0.5) is 0 Å². The zero-order valence-electron chi connectivity index (χ0n) is 18.1. The lowest BCUT2D eigenvalue weighted by Gasteiger charge is -2.22. The molecule has 0 rings (SSSR count). The van der Waals surface area contributed by atoms with E-state index in [4.69, 9.17) is 0 Å². The van der Waals surface area contributed by atoms with Gasteiger partial charge in [0.1, 0.15) is 11.6 Å². The minimum Gasteiger partial charge on any atom is -0.300 e. The second-order valence-electron chi connectivity index (χ2n) is 8.80. The Hall–Kier alpha value is 0.0400. The maximum absolute atomic E-state index is 11.2. The first-order valence-electron chi connectivity index (χ1n) is 10.3. The van der Waals surface area contributed by atoms with E-state index in [1.807, 2.05) is 23.5 Å². The van der Waals surface area contributed by atoms with Crippen LogP contribution in [0, 0.1) is 0 Å². The van der Waals surface area contributed by atoms with E-state index in [0.717, 1.165) is 0 Å². The Kier molecular flexibility index (Phi) is 14.1. The Morgan fingerprint density at radius 1 is 0.577 bits per heavy atom. The minimum atomic E-state index is 0.100. The van der Waals surface area contributed by atoms with Crippen LogP contribution in [-0.4, -0.2) is 32.6 Å². The van der Waals surface area contributed by atoms with Crippen LogP contribution in [0.5, 0.6) is 0 Å². The predicted octanol–water partition coefficient (Wildman–Crippen LogP) is 7.09. The number of carbonyl (C=O) groups excluding carboxylic acids is 2. The fourth-order valence-electron chi connectivity index (χ4n) is 3.26. The van der Waals surface area contributed by atoms with Gasteiger partial charge in [-0.15, -0.1) is 0 Å². The molecule has 0 bridgehead atoms. The molecule has 0 aliphatic carbocycles. The summed E-state index contributed by atoms with van der Waals surface area (Å²) in [6.45, 7) is 12.1. The molecule has 0 unspecified atom stereocenters. The van der Waals surface area contributed by atoms with Crippen molar-refractivity contribution in [2.45, 2.75) is 115 Å². The van der Waals surface area contributed by atoms with Crippen LogP contribution >= 0.6 is 23.5 Å². The number of Topliss-reactive ketones (excluding diaryl/α,β-unsaturated/α-hetero) is 2. The molecular formula is C22H42O2S2. The Labute approximate surface area is 171 Å². The van der Waals surface area contributed by atoms with Gasteiger partial charge in [0.05, 0.1) is 0 Å². The molecule has 0 aliphatic rings. The second kappa shape index (κ2) is 14.1. The van der Waals surface area contributed by atoms with Crippen molar-refractivity contribution < 1.29 is 9.59 Å². The van der Waals surface area contributed by atoms with E-state index in [1.165, 1.54) is 62.9 Å². The zero-order chi connectivity index (χ0) is 20.1. The van der Waals surface area contributed by atoms with Gasteiger partial charge in [0.25, 0.3) is 0 Å². The fraction of sp³-hybridized carbons (Fsp3) is 0.909. The molecule has 0 aliphatic heterocycles. The Morgan fingerprint density at radius 3 is 1.12 bits per heavy atom. The molecule has 0 saturated carbocycles. The molecular weight excluding hydrogens is 360 g/mol. The first-order chi connectivity index (χ1) is 12.0. The molecule has 0 heterocycles. The van der Waals surface area contributed by atoms with Gasteiger partial charge in [-0.3, -0.25) is 9.59 Å². The topological polar surface area (TPSA) is 34.1 Å². The molecule has 0 fully saturated rings. The van der Waals surface area contributed by atoms with Crippen LogP contribution in [0.25, 0.3) is 0 Å². The molecule has 0 aromatic heterocycles. The Bertz CT molecular complexity index is 365. The van der Waals surface area contributed by atoms with E-state index in [2.05, 4.69) is 27.7 Å². The quantitative estimate of drug-likeness (QED) is 0.243. The number of hydrogen-bond donors (Lipinski definition) is 0. The third-order valence-corrected chi connectivity index (χ3v) is 7.21. The number of thioether (sulfide) groups is 2. The lowest BCUT2D eigenvalue weighted by molar-refractivity contribution is -0.118. The number of unbranched alkanes of at least 4 members (excludes halogenated alkanes) is 7. The van der Waals surface area contributed by atoms with E-state index in [9.17, 15) is 9.59 Å². The third-order valence-electron chi connectivity index (χ3n) is 4.37. The smallest absolute Gasteiger partial charge is 0.131 e. The van der Waals surface area contributed by atoms with Gasteiger partial charge >= 0.3 is 0 Å². The highest BCUT2D eigenvalue weighted by Gasteiger charge is 2.20. The summed E-state index contributed by atoms with van der Waals surface area (Å²) in [4.78, 5) is 22.4. The predicted molar refractivity (Wildman–Crippen MR) is 121 cm³/mol. The summed E-state index contributed by atoms with van der Waals surface area (Å²) >= 11 is 3.89. The van der Waals surface area contributed by atoms with Crippen molar-refractivity contribution in [1.82, 2.24) is 0 Å². The fourth-order valence-corrected chi connectivity index (χ4v) is 5.68. The van der Waals surface area contributed by atoms with Crippen LogP contribution in [-0.2, 0) is 9.59 Å². The molecule has 0 spiro atoms. The molecule has 0 aromatic rings. The van der Waals surface area contributed by atoms with Crippen molar-refractivity contribution >= 4 is 35.1 Å². The molecule has 0 atom stereocenters. The normalized spacial score (nSPS) is 12.4. The first kappa shape index (κ1) is 26.0. The molecule has 0 aromatic carbocycles. The number of carbonyl (C=O) groups is 2. The van der Waals surface area contributed by atoms with Crippen molar-refractivity contribution in [3.05, 3.63) is 0 Å². The molecule has 2 nitrogen and oxygen atoms in total. The number of rotatable bonds is 17. The monoisotopic (exact) mass is 402 g/mol. The lowest BCUT2D eigenvalue weighted by Crippen LogP contribution is -2.19. The van der Waals surface area contributed by atoms with Crippen molar-refractivity contribution in [3.63, 3.8) is 0 Å². The van der Waals surface area contributed by atoms with Crippen LogP contribution < -0.4 is 0 Å². The van der Waals surface area contributed by atoms with Gasteiger partial charge in [0.2, 0.25) is 0 Å². The summed E-state index contributed by atoms with van der Waals surface area (Å²) in [6.07, 6.45) is 11.9. The Balaban J connectivity index is 3.42. The highest BCUT2D eigenvalue weighted by Crippen LogP contribution is 2.30. The van der Waals surface area contributed by atoms with Crippen molar-refractivity contribution in [1.29, 1.82) is 0 Å². The van der Waals surface area contributed by atoms with Crippen LogP contribution in [0.1, 0.15) is 106 Å². The largest absolute Gasteiger partial charge is 0.300 e. The molecule has 0 saturated heterocycles. The number of ketones is 2. The molecule has 0 N–H and O–H groups in total. The minimum absolute atomic E-state index is 0.100. The van der Waals surface area contributed by atoms with Crippen molar-refractivity contribution in [2.75, 3.05) is 11.5 Å². The summed E-state index contributed by atoms with van der Waals surface area (Å²) < 4.78 is 0.200. The summed E-state index contributed by atoms with van der Waals surface area (Å²) in [7, 11) is 0. The summed E-state index contributed by atoms with van der Waals surface area (Å²) in [5, 5.41) is 0. The van der Waals surface area contributed by atoms with E-state index < -0.39 is 0 Å². The SMILES string of the molecule is CC(=O)CC(C)(C)SCCCCCCCCCCSC(C)(C)CC(C)=O. The standard InChI is InChI=1S/C22H42O2S2/c1-19(23)17-21(3,4)25-15-13-11-9-7-8-10-12-14-16-26-22(5,6)18-20(2)24/h7-18H2,1-6H3. The van der Waals surface area contributed by atoms with Gasteiger partial charge < -0.3 is 0 Å². The van der Waals surface area contributed by atoms with Crippen LogP contribution in [0.15, 0.2) is 0 Å². The van der Waals surface area contributed by atoms with E-state index in [1.54, 1.807) is 13.8 Å². The van der Waals surface area contributed by atoms with Gasteiger partial charge in [-0.1, -0.05) is 66.2 Å². The molecule has 4 heteroatoms. The summed E-state index contributed by atoms with van der Waals surface area (Å²) in [5.41, 5.74) is 0. The van der Waals surface area contributed by atoms with Crippen LogP contribution in [0.2, 0.25) is 0 Å². The van der Waals surface area contributed by atoms with Gasteiger partial charge in [0.15, 0.2) is 0 Å². The van der Waals surface area contributed by atoms with E-state index in [0.29, 0.717) is 24.4 Å². The first-order valence-corrected chi connectivity index (χ1v) is 12.3. The van der Waals surface area contributed by atoms with Gasteiger partial charge in [0, 0.05) is 22.3 Å². The van der Waals surface area contributed by atoms with Gasteiger partial charge in [-0.05, 0) is 38.2 Å². The molecule has 0 amide bonds. The Morgan fingerprint density at radius 2 is 0.846 bits per heavy atom. The van der Waals surface area contributed by atoms with E-state index in [-0.39, 0.29) is 9.49 Å². The molecule has 26 heavy (non-hydrogen) atoms. The maximum Gasteiger partial charge on any atom is 0.131 e. The summed E-state index contributed by atoms with van der Waals surface area (Å²) in [6, 6.07) is 0. The van der Waals surface area contributed by atoms with Crippen molar-refractivity contribution in [2.24, 2.45) is 0 Å². The highest BCUT2D eigenvalue weighted by molar-refractivity contribution is 8.00. The second-order valence-corrected chi connectivity index (χ2v) is 12.4. The highest BCUT2D eigenvalue weighted by atomic mass is 32.2. The van der Waals surface area contributed by atoms with E-state index >= 15 is 0 Å². The third kappa shape index (κ3) is 17.5. The average molecular weight is 403 g/mol. The number of hydrogen-bond acceptors (Lipinski definition) is 4. The molecule has 154 valence electrons. The van der Waals surface area contributed by atoms with Gasteiger partial charge in [-0.25, -0.2) is 0 Å². The lowest BCUT2D eigenvalue weighted by atomic mass is 10.1. The summed E-state index contributed by atoms with van der Waals surface area (Å²) in [5.74, 6) is 2.94. The maximum atomic E-state index is 11.2. The molecule has 0 radical (unpaired) electrons. The zero-order valence-corrected chi connectivity index (χ0v) is 19.8. The average Bonchev–Trinajstić information content (AvgIpc) is 2.45.